The van der Waals surface area contributed by atoms with E-state index in [1.165, 1.54) is 6.07 Å². The van der Waals surface area contributed by atoms with E-state index in [-0.39, 0.29) is 30.6 Å². The number of piperazine rings is 1. The number of nitrogens with zero attached hydrogens (tertiary/aromatic N) is 5. The molecule has 0 saturated carbocycles. The Bertz CT molecular complexity index is 1570. The van der Waals surface area contributed by atoms with Gasteiger partial charge in [-0.25, -0.2) is 36.3 Å². The maximum absolute atomic E-state index is 13.0. The number of aromatic nitrogens is 4. The number of primary sulfonamides is 1. The van der Waals surface area contributed by atoms with Crippen LogP contribution in [0.1, 0.15) is 6.92 Å². The van der Waals surface area contributed by atoms with Crippen molar-refractivity contribution in [2.45, 2.75) is 41.2 Å². The molecule has 0 bridgehead atoms. The van der Waals surface area contributed by atoms with Gasteiger partial charge in [0, 0.05) is 51.0 Å². The van der Waals surface area contributed by atoms with Crippen molar-refractivity contribution in [1.29, 1.82) is 0 Å². The van der Waals surface area contributed by atoms with Crippen LogP contribution in [0.25, 0.3) is 11.4 Å². The van der Waals surface area contributed by atoms with Crippen molar-refractivity contribution >= 4 is 37.7 Å². The van der Waals surface area contributed by atoms with Gasteiger partial charge in [0.1, 0.15) is 9.79 Å². The maximum atomic E-state index is 13.0. The largest absolute Gasteiger partial charge is 0.490 e. The lowest BCUT2D eigenvalue weighted by Crippen LogP contribution is -2.52. The minimum absolute atomic E-state index is 0.00637. The predicted octanol–water partition coefficient (Wildman–Crippen LogP) is -2.12. The molecular weight excluding hydrogens is 716 g/mol. The second-order valence-corrected chi connectivity index (χ2v) is 12.7. The van der Waals surface area contributed by atoms with E-state index in [0.29, 0.717) is 31.9 Å². The number of carboxylic acids is 2. The molecule has 2 aromatic rings. The Labute approximate surface area is 267 Å². The molecule has 3 rings (SSSR count). The van der Waals surface area contributed by atoms with Crippen molar-refractivity contribution in [2.24, 2.45) is 10.9 Å². The molecule has 2 atom stereocenters. The van der Waals surface area contributed by atoms with E-state index >= 15 is 0 Å². The first-order chi connectivity index (χ1) is 21.9. The van der Waals surface area contributed by atoms with Crippen LogP contribution in [0.3, 0.4) is 0 Å². The first-order valence-electron chi connectivity index (χ1n) is 12.9. The number of benzene rings is 1. The lowest BCUT2D eigenvalue weighted by atomic mass is 10.1. The fourth-order valence-corrected chi connectivity index (χ4v) is 6.50. The Morgan fingerprint density at radius 2 is 1.62 bits per heavy atom. The fraction of sp³-hybridized carbons (Fsp3) is 0.571. The zero-order valence-electron chi connectivity index (χ0n) is 24.5. The summed E-state index contributed by atoms with van der Waals surface area (Å²) in [7, 11) is -9.04. The van der Waals surface area contributed by atoms with E-state index in [1.807, 2.05) is 11.8 Å². The highest BCUT2D eigenvalue weighted by atomic mass is 32.2. The second-order valence-electron chi connectivity index (χ2n) is 9.47. The van der Waals surface area contributed by atoms with Gasteiger partial charge < -0.3 is 31.1 Å². The standard InChI is InChI=1S/C17H29N9O6S2.2C2HF3O2/c1-11-10-26(5-4-25(11)6-7-27)13-2-3-14(34(31,32)20-9-12(28)8-18)16(33(19,29)30)15(13)17-21-23-24-22-17;2*3-2(4,5)1(6)7/h2-3,11-12,20,27-28H,4-10,18H2,1H3,(H2,19,29,30)(H,21,22,23,24);2*(H,6,7). The molecule has 1 aliphatic heterocycles. The molecule has 0 radical (unpaired) electrons. The van der Waals surface area contributed by atoms with Crippen LogP contribution in [-0.2, 0) is 29.6 Å². The summed E-state index contributed by atoms with van der Waals surface area (Å²) < 4.78 is 117. The number of hydrogen-bond acceptors (Lipinski definition) is 14. The Hall–Kier alpha value is -3.73. The number of aliphatic hydroxyl groups is 2. The van der Waals surface area contributed by atoms with E-state index in [9.17, 15) is 53.4 Å². The third-order valence-corrected chi connectivity index (χ3v) is 8.59. The van der Waals surface area contributed by atoms with Gasteiger partial charge in [0.2, 0.25) is 25.9 Å². The van der Waals surface area contributed by atoms with E-state index in [0.717, 1.165) is 6.07 Å². The lowest BCUT2D eigenvalue weighted by Gasteiger charge is -2.41. The number of sulfonamides is 2. The number of rotatable bonds is 10. The molecule has 2 unspecified atom stereocenters. The summed E-state index contributed by atoms with van der Waals surface area (Å²) >= 11 is 0. The maximum Gasteiger partial charge on any atom is 0.490 e. The van der Waals surface area contributed by atoms with Crippen LogP contribution in [0.4, 0.5) is 32.0 Å². The number of aromatic amines is 1. The molecule has 0 aliphatic carbocycles. The van der Waals surface area contributed by atoms with Gasteiger partial charge in [-0.2, -0.15) is 31.6 Å². The van der Waals surface area contributed by atoms with Gasteiger partial charge in [0.05, 0.1) is 18.3 Å². The minimum Gasteiger partial charge on any atom is -0.475 e. The van der Waals surface area contributed by atoms with Crippen molar-refractivity contribution in [1.82, 2.24) is 30.2 Å². The van der Waals surface area contributed by atoms with Crippen LogP contribution in [0.5, 0.6) is 0 Å². The summed E-state index contributed by atoms with van der Waals surface area (Å²) in [5.74, 6) is -5.66. The summed E-state index contributed by atoms with van der Waals surface area (Å²) in [5, 5.41) is 52.2. The van der Waals surface area contributed by atoms with Gasteiger partial charge >= 0.3 is 24.3 Å². The minimum atomic E-state index is -5.08. The SMILES string of the molecule is CC1CN(c2ccc(S(=O)(=O)NCC(O)CN)c(S(N)(=O)=O)c2-c2nn[nH]n2)CCN1CCO.O=C(O)C(F)(F)F.O=C(O)C(F)(F)F. The number of aliphatic hydroxyl groups excluding tert-OH is 2. The summed E-state index contributed by atoms with van der Waals surface area (Å²) in [5.41, 5.74) is 5.57. The van der Waals surface area contributed by atoms with Crippen LogP contribution in [0, 0.1) is 0 Å². The van der Waals surface area contributed by atoms with Crippen molar-refractivity contribution in [2.75, 3.05) is 50.8 Å². The molecule has 1 aliphatic rings. The van der Waals surface area contributed by atoms with Crippen LogP contribution in [0.15, 0.2) is 21.9 Å². The Morgan fingerprint density at radius 3 is 2.02 bits per heavy atom. The second kappa shape index (κ2) is 17.1. The molecule has 1 saturated heterocycles. The summed E-state index contributed by atoms with van der Waals surface area (Å²) in [6.07, 6.45) is -11.3. The number of carbonyl (C=O) groups is 2. The number of nitrogens with two attached hydrogens (primary N) is 2. The summed E-state index contributed by atoms with van der Waals surface area (Å²) in [6.45, 7) is 3.34. The average Bonchev–Trinajstić information content (AvgIpc) is 3.50. The smallest absolute Gasteiger partial charge is 0.475 e. The van der Waals surface area contributed by atoms with Crippen molar-refractivity contribution in [3.8, 4) is 11.4 Å². The van der Waals surface area contributed by atoms with Gasteiger partial charge in [-0.1, -0.05) is 0 Å². The number of hydrogen-bond donors (Lipinski definition) is 8. The summed E-state index contributed by atoms with van der Waals surface area (Å²) in [4.78, 5) is 20.4. The number of β-amino-alcohol motifs (C(OH)–C–C–N with tert-alkyl or cyclic N) is 1. The van der Waals surface area contributed by atoms with Crippen LogP contribution in [-0.4, -0.2) is 145 Å². The van der Waals surface area contributed by atoms with Crippen LogP contribution < -0.4 is 20.5 Å². The zero-order chi connectivity index (χ0) is 37.3. The quantitative estimate of drug-likeness (QED) is 0.121. The van der Waals surface area contributed by atoms with Gasteiger partial charge in [-0.05, 0) is 24.3 Å². The first kappa shape index (κ1) is 42.3. The van der Waals surface area contributed by atoms with Crippen LogP contribution in [0.2, 0.25) is 0 Å². The average molecular weight is 748 g/mol. The van der Waals surface area contributed by atoms with Gasteiger partial charge in [0.15, 0.2) is 0 Å². The number of alkyl halides is 6. The van der Waals surface area contributed by atoms with Crippen molar-refractivity contribution in [3.63, 3.8) is 0 Å². The van der Waals surface area contributed by atoms with E-state index < -0.39 is 66.8 Å². The van der Waals surface area contributed by atoms with Crippen LogP contribution >= 0.6 is 0 Å². The molecule has 48 heavy (non-hydrogen) atoms. The predicted molar refractivity (Wildman–Crippen MR) is 149 cm³/mol. The normalized spacial score (nSPS) is 16.6. The molecule has 274 valence electrons. The highest BCUT2D eigenvalue weighted by molar-refractivity contribution is 7.92. The number of tetrazole rings is 1. The number of carboxylic acid groups (broad SMARTS) is 2. The molecule has 1 aromatic heterocycles. The number of nitrogens with one attached hydrogen (secondary N) is 2. The van der Waals surface area contributed by atoms with E-state index in [1.54, 1.807) is 0 Å². The number of halogens is 6. The molecule has 2 heterocycles. The lowest BCUT2D eigenvalue weighted by molar-refractivity contribution is -0.193. The van der Waals surface area contributed by atoms with Gasteiger partial charge in [0.25, 0.3) is 0 Å². The third-order valence-electron chi connectivity index (χ3n) is 6.00. The van der Waals surface area contributed by atoms with E-state index in [4.69, 9.17) is 30.7 Å². The Balaban J connectivity index is 0.000000687. The molecule has 27 heteroatoms. The Kier molecular flexibility index (Phi) is 15.1. The molecule has 0 spiro atoms. The molecule has 19 nitrogen and oxygen atoms in total. The molecule has 1 fully saturated rings. The van der Waals surface area contributed by atoms with Crippen molar-refractivity contribution in [3.05, 3.63) is 12.1 Å². The highest BCUT2D eigenvalue weighted by Gasteiger charge is 2.39. The Morgan fingerprint density at radius 1 is 1.08 bits per heavy atom. The first-order valence-corrected chi connectivity index (χ1v) is 15.9. The third kappa shape index (κ3) is 12.4. The molecule has 0 amide bonds. The number of aliphatic carboxylic acids is 2. The molecule has 10 N–H and O–H groups in total. The van der Waals surface area contributed by atoms with E-state index in [2.05, 4.69) is 30.2 Å². The summed E-state index contributed by atoms with van der Waals surface area (Å²) in [6, 6.07) is 2.61. The van der Waals surface area contributed by atoms with Gasteiger partial charge in [-0.3, -0.25) is 4.90 Å². The molecular formula is C21H31F6N9O10S2. The van der Waals surface area contributed by atoms with Gasteiger partial charge in [-0.15, -0.1) is 10.2 Å². The molecule has 1 aromatic carbocycles. The topological polar surface area (TPSA) is 308 Å². The zero-order valence-corrected chi connectivity index (χ0v) is 26.1. The number of H-pyrrole nitrogens is 1. The van der Waals surface area contributed by atoms with Crippen molar-refractivity contribution < 1.29 is 73.2 Å². The monoisotopic (exact) mass is 747 g/mol. The highest BCUT2D eigenvalue weighted by Crippen LogP contribution is 2.39. The number of anilines is 1. The fourth-order valence-electron chi connectivity index (χ4n) is 3.84.